The van der Waals surface area contributed by atoms with E-state index in [0.717, 1.165) is 36.3 Å². The molecule has 4 atom stereocenters. The van der Waals surface area contributed by atoms with Gasteiger partial charge in [0.15, 0.2) is 0 Å². The van der Waals surface area contributed by atoms with Crippen LogP contribution in [0.1, 0.15) is 68.4 Å². The van der Waals surface area contributed by atoms with E-state index in [4.69, 9.17) is 32.5 Å². The van der Waals surface area contributed by atoms with Crippen LogP contribution in [-0.4, -0.2) is 60.2 Å². The van der Waals surface area contributed by atoms with Gasteiger partial charge in [-0.2, -0.15) is 26.4 Å². The molecule has 0 saturated heterocycles. The fraction of sp³-hybridized carbons (Fsp3) is 0.600. The number of aliphatic hydroxyl groups is 1. The Kier molecular flexibility index (Phi) is 20.6. The third-order valence-corrected chi connectivity index (χ3v) is 8.08. The number of hydrogen-bond acceptors (Lipinski definition) is 8. The number of rotatable bonds is 5. The first-order valence-electron chi connectivity index (χ1n) is 11.8. The molecule has 0 aliphatic heterocycles. The van der Waals surface area contributed by atoms with Gasteiger partial charge < -0.3 is 17.7 Å². The van der Waals surface area contributed by atoms with Gasteiger partial charge >= 0.3 is 29.6 Å². The Hall–Kier alpha value is 0.450. The summed E-state index contributed by atoms with van der Waals surface area (Å²) in [5.41, 5.74) is 2.34. The minimum atomic E-state index is -3.40. The van der Waals surface area contributed by atoms with Gasteiger partial charge in [-0.1, -0.05) is 48.2 Å². The Balaban J connectivity index is 0.000000590. The van der Waals surface area contributed by atoms with E-state index in [1.54, 1.807) is 25.4 Å². The van der Waals surface area contributed by atoms with Crippen molar-refractivity contribution in [3.05, 3.63) is 58.1 Å². The van der Waals surface area contributed by atoms with Crippen molar-refractivity contribution in [2.45, 2.75) is 68.6 Å². The molecule has 0 radical (unpaired) electrons. The van der Waals surface area contributed by atoms with Crippen molar-refractivity contribution in [2.24, 2.45) is 0 Å². The van der Waals surface area contributed by atoms with Crippen molar-refractivity contribution in [3.8, 4) is 0 Å². The summed E-state index contributed by atoms with van der Waals surface area (Å²) >= 11 is 17.6. The Morgan fingerprint density at radius 1 is 0.973 bits per heavy atom. The standard InChI is InChI=1S/C11H14ClNO3S.C11H14ClNS.C2H6O.CH4S.Na/c1-17(14,15)16-10-4-2-3-9(10)8-5-6-11(12)13-7-8;1-14-10-4-2-3-9(10)8-5-6-11(12)13-7-8;1-2-3;1-2;/h5-7,9-10H,2-4H2,1H3;5-7,9-10H,2-4H2,1H3;3H,2H2,1H3;2H,1H3;/q;;;;+1/p-1/t9-,10?;9-,10-;;;/m11.../s1. The molecule has 2 saturated carbocycles. The number of aromatic nitrogens is 2. The monoisotopic (exact) mass is 618 g/mol. The van der Waals surface area contributed by atoms with Crippen LogP contribution in [0.2, 0.25) is 10.3 Å². The van der Waals surface area contributed by atoms with E-state index in [2.05, 4.69) is 34.9 Å². The molecule has 4 rings (SSSR count). The molecular formula is C25H37Cl2N2NaO4S3. The van der Waals surface area contributed by atoms with E-state index in [0.29, 0.717) is 16.2 Å². The molecule has 2 aliphatic carbocycles. The number of pyridine rings is 2. The Bertz CT molecular complexity index is 971. The van der Waals surface area contributed by atoms with Gasteiger partial charge in [0.1, 0.15) is 10.3 Å². The first kappa shape index (κ1) is 37.5. The molecule has 0 bridgehead atoms. The first-order chi connectivity index (χ1) is 17.2. The molecule has 12 heteroatoms. The van der Waals surface area contributed by atoms with Gasteiger partial charge in [-0.25, -0.2) is 9.97 Å². The number of hydrogen-bond donors (Lipinski definition) is 1. The van der Waals surface area contributed by atoms with Crippen LogP contribution in [0.5, 0.6) is 0 Å². The minimum Gasteiger partial charge on any atom is -0.796 e. The SMILES string of the molecule is CCO.CS(=O)(=O)OC1CCC[C@@H]1c1ccc(Cl)nc1.CS[C@@H]1CCC[C@@H]1c1ccc(Cl)nc1.C[S-].[Na+]. The van der Waals surface area contributed by atoms with Crippen molar-refractivity contribution in [1.29, 1.82) is 0 Å². The molecular weight excluding hydrogens is 582 g/mol. The molecule has 2 aliphatic rings. The molecule has 0 spiro atoms. The van der Waals surface area contributed by atoms with Crippen molar-refractivity contribution >= 4 is 57.7 Å². The van der Waals surface area contributed by atoms with Crippen LogP contribution in [0.15, 0.2) is 36.7 Å². The topological polar surface area (TPSA) is 89.4 Å². The van der Waals surface area contributed by atoms with Gasteiger partial charge in [0.25, 0.3) is 10.1 Å². The van der Waals surface area contributed by atoms with Crippen LogP contribution in [0.3, 0.4) is 0 Å². The summed E-state index contributed by atoms with van der Waals surface area (Å²) < 4.78 is 27.4. The van der Waals surface area contributed by atoms with Gasteiger partial charge in [-0.3, -0.25) is 4.18 Å². The van der Waals surface area contributed by atoms with Crippen molar-refractivity contribution in [1.82, 2.24) is 9.97 Å². The number of nitrogens with zero attached hydrogens (tertiary/aromatic N) is 2. The smallest absolute Gasteiger partial charge is 0.796 e. The van der Waals surface area contributed by atoms with Crippen molar-refractivity contribution < 1.29 is 47.3 Å². The fourth-order valence-corrected chi connectivity index (χ4v) is 6.38. The summed E-state index contributed by atoms with van der Waals surface area (Å²) in [7, 11) is -3.40. The molecule has 0 aromatic carbocycles. The summed E-state index contributed by atoms with van der Waals surface area (Å²) in [6.45, 7) is 1.93. The zero-order valence-corrected chi connectivity index (χ0v) is 28.2. The summed E-state index contributed by atoms with van der Waals surface area (Å²) in [4.78, 5) is 8.16. The molecule has 2 aromatic heterocycles. The van der Waals surface area contributed by atoms with Gasteiger partial charge in [-0.15, -0.1) is 0 Å². The van der Waals surface area contributed by atoms with E-state index in [1.165, 1.54) is 24.8 Å². The quantitative estimate of drug-likeness (QED) is 0.236. The van der Waals surface area contributed by atoms with E-state index in [-0.39, 0.29) is 48.2 Å². The summed E-state index contributed by atoms with van der Waals surface area (Å²) in [5, 5.41) is 9.37. The number of thioether (sulfide) groups is 1. The molecule has 2 heterocycles. The van der Waals surface area contributed by atoms with Gasteiger partial charge in [-0.05, 0) is 68.0 Å². The van der Waals surface area contributed by atoms with Crippen LogP contribution < -0.4 is 29.6 Å². The van der Waals surface area contributed by atoms with Crippen LogP contribution in [0, 0.1) is 0 Å². The second kappa shape index (κ2) is 20.3. The van der Waals surface area contributed by atoms with Crippen molar-refractivity contribution in [3.63, 3.8) is 0 Å². The number of aliphatic hydroxyl groups excluding tert-OH is 1. The zero-order chi connectivity index (χ0) is 27.1. The maximum atomic E-state index is 11.2. The maximum absolute atomic E-state index is 11.2. The predicted molar refractivity (Wildman–Crippen MR) is 155 cm³/mol. The maximum Gasteiger partial charge on any atom is 1.00 e. The Morgan fingerprint density at radius 3 is 1.86 bits per heavy atom. The summed E-state index contributed by atoms with van der Waals surface area (Å²) in [6, 6.07) is 7.61. The predicted octanol–water partition coefficient (Wildman–Crippen LogP) is 3.25. The van der Waals surface area contributed by atoms with E-state index in [9.17, 15) is 8.42 Å². The zero-order valence-electron chi connectivity index (χ0n) is 22.3. The molecule has 6 nitrogen and oxygen atoms in total. The average molecular weight is 620 g/mol. The Labute approximate surface area is 264 Å². The van der Waals surface area contributed by atoms with E-state index < -0.39 is 10.1 Å². The molecule has 0 amide bonds. The molecule has 204 valence electrons. The van der Waals surface area contributed by atoms with Crippen LogP contribution in [-0.2, 0) is 26.9 Å². The van der Waals surface area contributed by atoms with Gasteiger partial charge in [0.2, 0.25) is 0 Å². The average Bonchev–Trinajstić information content (AvgIpc) is 3.51. The molecule has 1 unspecified atom stereocenters. The third-order valence-electron chi connectivity index (χ3n) is 5.86. The number of halogens is 2. The van der Waals surface area contributed by atoms with Crippen LogP contribution >= 0.6 is 35.0 Å². The van der Waals surface area contributed by atoms with E-state index in [1.807, 2.05) is 30.1 Å². The fourth-order valence-electron chi connectivity index (χ4n) is 4.45. The summed E-state index contributed by atoms with van der Waals surface area (Å²) in [5.74, 6) is 0.782. The third kappa shape index (κ3) is 14.1. The van der Waals surface area contributed by atoms with Crippen LogP contribution in [0.4, 0.5) is 0 Å². The summed E-state index contributed by atoms with van der Waals surface area (Å²) in [6.07, 6.45) is 14.9. The molecule has 2 aromatic rings. The first-order valence-corrected chi connectivity index (χ1v) is 16.5. The molecule has 2 fully saturated rings. The largest absolute Gasteiger partial charge is 1.00 e. The van der Waals surface area contributed by atoms with E-state index >= 15 is 0 Å². The molecule has 1 N–H and O–H groups in total. The normalized spacial score (nSPS) is 22.3. The van der Waals surface area contributed by atoms with Crippen molar-refractivity contribution in [2.75, 3.05) is 25.4 Å². The van der Waals surface area contributed by atoms with Gasteiger partial charge in [0, 0.05) is 30.2 Å². The van der Waals surface area contributed by atoms with Gasteiger partial charge in [0.05, 0.1) is 12.4 Å². The second-order valence-corrected chi connectivity index (χ2v) is 11.8. The van der Waals surface area contributed by atoms with Crippen LogP contribution in [0.25, 0.3) is 0 Å². The minimum absolute atomic E-state index is 0. The molecule has 37 heavy (non-hydrogen) atoms. The Morgan fingerprint density at radius 2 is 1.43 bits per heavy atom. The second-order valence-electron chi connectivity index (χ2n) is 8.33.